The largest absolute Gasteiger partial charge is 0.387 e. The maximum atomic E-state index is 12.9. The fraction of sp³-hybridized carbons (Fsp3) is 0.364. The van der Waals surface area contributed by atoms with Crippen LogP contribution in [-0.2, 0) is 62.7 Å². The van der Waals surface area contributed by atoms with Gasteiger partial charge in [0, 0.05) is 41.3 Å². The van der Waals surface area contributed by atoms with E-state index in [0.717, 1.165) is 90.4 Å². The summed E-state index contributed by atoms with van der Waals surface area (Å²) in [6.07, 6.45) is 30.6. The average molecular weight is 1490 g/mol. The first-order valence-corrected chi connectivity index (χ1v) is 39.5. The standard InChI is InChI=1S/C20H23N5OS.C20H22N4OS.C18H19N5O2S.C18H19N5OS.CH4/c1-5-11-24-18(26)14-12-21-19(27-4)23-17(14)25(24)15-9-8-13-7-6-10-20(2,3)16(13)22-15;1-5-10-23-19(25)14-12-21-17(26-4)11-15(14)24(23)16-7-6-13-8-9-20(2,3)18(13)22-16;1-3-9-22-17(25)12-10-19-18(26-2)21-16(12)23(22)14-8-7-11-5-4-6-13(24)15(11)20-14;1-4-9-22-17(24)13-10-19-18(25-3)21-16(13)23(22)14-8-7-12-6-5-11(2)15(12)20-14;/h5,8-9,12H,1,6-7,10-11H2,2-4H3;5-7,11-12H,1,8-10H2,2-4H3;3,7-8,10,13,24H,1,4-6,9H2,2H3;4,7-8,10-11H,1,5-6,9H2,2-3H3;1H4. The molecule has 0 aliphatic heterocycles. The maximum absolute atomic E-state index is 12.9. The van der Waals surface area contributed by atoms with Gasteiger partial charge in [0.15, 0.2) is 55.7 Å². The number of aliphatic hydroxyl groups excluding tert-OH is 1. The molecule has 0 saturated carbocycles. The predicted octanol–water partition coefficient (Wildman–Crippen LogP) is 13.0. The van der Waals surface area contributed by atoms with E-state index in [1.54, 1.807) is 88.9 Å². The van der Waals surface area contributed by atoms with Gasteiger partial charge in [0.25, 0.3) is 22.2 Å². The number of hydrogen-bond donors (Lipinski definition) is 1. The van der Waals surface area contributed by atoms with Crippen molar-refractivity contribution < 1.29 is 5.11 Å². The third-order valence-corrected chi connectivity index (χ3v) is 21.9. The molecule has 28 heteroatoms. The third kappa shape index (κ3) is 14.2. The Bertz CT molecular complexity index is 5630. The number of aliphatic hydroxyl groups is 1. The predicted molar refractivity (Wildman–Crippen MR) is 422 cm³/mol. The average Bonchev–Trinajstić information content (AvgIpc) is 1.70. The molecule has 1 N–H and O–H groups in total. The number of thioether (sulfide) groups is 4. The van der Waals surface area contributed by atoms with Crippen LogP contribution >= 0.6 is 47.0 Å². The number of nitrogens with zero attached hydrogens (tertiary/aromatic N) is 19. The van der Waals surface area contributed by atoms with Crippen molar-refractivity contribution in [1.82, 2.24) is 92.3 Å². The molecule has 105 heavy (non-hydrogen) atoms. The molecule has 0 saturated heterocycles. The molecule has 24 nitrogen and oxygen atoms in total. The van der Waals surface area contributed by atoms with Gasteiger partial charge in [0.2, 0.25) is 0 Å². The van der Waals surface area contributed by atoms with Gasteiger partial charge in [-0.3, -0.25) is 19.2 Å². The molecular weight excluding hydrogens is 1400 g/mol. The molecule has 12 heterocycles. The molecule has 0 spiro atoms. The van der Waals surface area contributed by atoms with E-state index >= 15 is 0 Å². The summed E-state index contributed by atoms with van der Waals surface area (Å²) in [6.45, 7) is 27.8. The van der Waals surface area contributed by atoms with Crippen molar-refractivity contribution in [3.63, 3.8) is 0 Å². The van der Waals surface area contributed by atoms with E-state index in [2.05, 4.69) is 119 Å². The third-order valence-electron chi connectivity index (χ3n) is 19.6. The topological polar surface area (TPSA) is 270 Å². The molecule has 0 amide bonds. The Morgan fingerprint density at radius 3 is 1.31 bits per heavy atom. The fourth-order valence-electron chi connectivity index (χ4n) is 14.3. The zero-order valence-electron chi connectivity index (χ0n) is 59.9. The molecule has 12 aromatic heterocycles. The SMILES string of the molecule is C.C=CCn1c(=O)c2cnc(SC)cc2n1-c1ccc2c(n1)C(C)(C)CC2.C=CCn1c(=O)c2cnc(SC)nc2n1-c1ccc2c(n1)C(C)(C)CCC2.C=CCn1c(=O)c2cnc(SC)nc2n1-c1ccc2c(n1)C(C)CC2.C=CCn1c(=O)c2cnc(SC)nc2n1-c1ccc2c(n1)C(O)CCC2. The van der Waals surface area contributed by atoms with E-state index in [-0.39, 0.29) is 40.5 Å². The minimum Gasteiger partial charge on any atom is -0.387 e. The van der Waals surface area contributed by atoms with E-state index in [1.165, 1.54) is 58.4 Å². The van der Waals surface area contributed by atoms with Crippen LogP contribution in [0, 0.1) is 0 Å². The second kappa shape index (κ2) is 31.2. The van der Waals surface area contributed by atoms with Crippen LogP contribution in [0.1, 0.15) is 138 Å². The van der Waals surface area contributed by atoms with Crippen LogP contribution in [0.2, 0.25) is 0 Å². The van der Waals surface area contributed by atoms with E-state index in [1.807, 2.05) is 70.8 Å². The highest BCUT2D eigenvalue weighted by Gasteiger charge is 2.34. The number of rotatable bonds is 16. The molecule has 4 aliphatic rings. The molecule has 0 fully saturated rings. The van der Waals surface area contributed by atoms with E-state index < -0.39 is 6.10 Å². The van der Waals surface area contributed by atoms with E-state index in [4.69, 9.17) is 15.0 Å². The normalized spacial score (nSPS) is 15.8. The fourth-order valence-corrected chi connectivity index (χ4v) is 15.7. The van der Waals surface area contributed by atoms with Gasteiger partial charge >= 0.3 is 0 Å². The quantitative estimate of drug-likeness (QED) is 0.0535. The lowest BCUT2D eigenvalue weighted by Crippen LogP contribution is -2.27. The van der Waals surface area contributed by atoms with Crippen molar-refractivity contribution in [2.24, 2.45) is 0 Å². The highest BCUT2D eigenvalue weighted by molar-refractivity contribution is 7.99. The second-order valence-corrected chi connectivity index (χ2v) is 30.4. The summed E-state index contributed by atoms with van der Waals surface area (Å²) in [5.74, 6) is 3.19. The highest BCUT2D eigenvalue weighted by atomic mass is 32.2. The van der Waals surface area contributed by atoms with Gasteiger partial charge in [-0.2, -0.15) is 0 Å². The number of aromatic nitrogens is 19. The monoisotopic (exact) mass is 1490 g/mol. The molecule has 0 radical (unpaired) electrons. The Hall–Kier alpha value is -9.61. The second-order valence-electron chi connectivity index (χ2n) is 27.2. The van der Waals surface area contributed by atoms with Gasteiger partial charge in [-0.25, -0.2) is 92.3 Å². The summed E-state index contributed by atoms with van der Waals surface area (Å²) in [7, 11) is 0. The van der Waals surface area contributed by atoms with Crippen LogP contribution in [-0.4, -0.2) is 122 Å². The number of fused-ring (bicyclic) bond motifs is 8. The molecule has 2 unspecified atom stereocenters. The van der Waals surface area contributed by atoms with Crippen LogP contribution in [0.15, 0.2) is 170 Å². The van der Waals surface area contributed by atoms with Crippen molar-refractivity contribution >= 4 is 91.1 Å². The van der Waals surface area contributed by atoms with E-state index in [0.29, 0.717) is 116 Å². The first-order valence-electron chi connectivity index (χ1n) is 34.6. The summed E-state index contributed by atoms with van der Waals surface area (Å²) in [6, 6.07) is 18.2. The van der Waals surface area contributed by atoms with Crippen molar-refractivity contribution in [2.75, 3.05) is 25.0 Å². The van der Waals surface area contributed by atoms with Gasteiger partial charge in [-0.15, -0.1) is 38.1 Å². The lowest BCUT2D eigenvalue weighted by atomic mass is 9.76. The molecule has 0 bridgehead atoms. The molecule has 2 atom stereocenters. The molecule has 16 rings (SSSR count). The zero-order chi connectivity index (χ0) is 73.5. The van der Waals surface area contributed by atoms with Gasteiger partial charge in [0.1, 0.15) is 16.2 Å². The lowest BCUT2D eigenvalue weighted by molar-refractivity contribution is 0.151. The number of aryl methyl sites for hydroxylation is 4. The lowest BCUT2D eigenvalue weighted by Gasteiger charge is -2.31. The molecule has 12 aromatic rings. The molecular formula is C77H87N19O5S4. The minimum atomic E-state index is -0.573. The van der Waals surface area contributed by atoms with Gasteiger partial charge in [-0.1, -0.05) is 126 Å². The summed E-state index contributed by atoms with van der Waals surface area (Å²) in [5, 5.41) is 15.1. The zero-order valence-corrected chi connectivity index (χ0v) is 63.2. The Kier molecular flexibility index (Phi) is 22.3. The Morgan fingerprint density at radius 2 is 0.848 bits per heavy atom. The molecule has 4 aliphatic carbocycles. The number of pyridine rings is 5. The first-order chi connectivity index (χ1) is 50.2. The summed E-state index contributed by atoms with van der Waals surface area (Å²) >= 11 is 5.87. The summed E-state index contributed by atoms with van der Waals surface area (Å²) in [5.41, 5.74) is 11.1. The van der Waals surface area contributed by atoms with Gasteiger partial charge in [-0.05, 0) is 148 Å². The minimum absolute atomic E-state index is 0. The van der Waals surface area contributed by atoms with Gasteiger partial charge < -0.3 is 5.11 Å². The van der Waals surface area contributed by atoms with Crippen LogP contribution < -0.4 is 22.2 Å². The Labute approximate surface area is 625 Å². The Morgan fingerprint density at radius 1 is 0.457 bits per heavy atom. The molecule has 544 valence electrons. The number of hydrogen-bond acceptors (Lipinski definition) is 20. The van der Waals surface area contributed by atoms with Crippen molar-refractivity contribution in [1.29, 1.82) is 0 Å². The van der Waals surface area contributed by atoms with Crippen LogP contribution in [0.3, 0.4) is 0 Å². The van der Waals surface area contributed by atoms with Crippen molar-refractivity contribution in [3.05, 3.63) is 216 Å². The smallest absolute Gasteiger partial charge is 0.278 e. The van der Waals surface area contributed by atoms with Crippen LogP contribution in [0.4, 0.5) is 0 Å². The maximum Gasteiger partial charge on any atom is 0.278 e. The Balaban J connectivity index is 0.000000131. The first kappa shape index (κ1) is 75.1. The summed E-state index contributed by atoms with van der Waals surface area (Å²) in [4.78, 5) is 102. The van der Waals surface area contributed by atoms with Gasteiger partial charge in [0.05, 0.1) is 65.3 Å². The highest BCUT2D eigenvalue weighted by Crippen LogP contribution is 2.39. The van der Waals surface area contributed by atoms with E-state index in [9.17, 15) is 24.3 Å². The number of allylic oxidation sites excluding steroid dienone is 4. The van der Waals surface area contributed by atoms with Crippen molar-refractivity contribution in [3.8, 4) is 23.3 Å². The van der Waals surface area contributed by atoms with Crippen LogP contribution in [0.25, 0.3) is 67.3 Å². The van der Waals surface area contributed by atoms with Crippen molar-refractivity contribution in [2.45, 2.75) is 176 Å². The summed E-state index contributed by atoms with van der Waals surface area (Å²) < 4.78 is 13.7. The molecule has 0 aromatic carbocycles. The van der Waals surface area contributed by atoms with Crippen LogP contribution in [0.5, 0.6) is 0 Å².